The monoisotopic (exact) mass is 343 g/mol. The molecule has 6 heteroatoms. The van der Waals surface area contributed by atoms with Gasteiger partial charge in [0.25, 0.3) is 0 Å². The molecule has 0 aliphatic carbocycles. The summed E-state index contributed by atoms with van der Waals surface area (Å²) in [6.07, 6.45) is 1.53. The van der Waals surface area contributed by atoms with E-state index in [1.54, 1.807) is 30.3 Å². The maximum absolute atomic E-state index is 12.4. The van der Waals surface area contributed by atoms with Crippen LogP contribution in [0.3, 0.4) is 0 Å². The zero-order valence-electron chi connectivity index (χ0n) is 10.6. The van der Waals surface area contributed by atoms with Gasteiger partial charge >= 0.3 is 0 Å². The van der Waals surface area contributed by atoms with Gasteiger partial charge in [-0.1, -0.05) is 15.9 Å². The highest BCUT2D eigenvalue weighted by Gasteiger charge is 2.22. The summed E-state index contributed by atoms with van der Waals surface area (Å²) in [5, 5.41) is 0. The first-order chi connectivity index (χ1) is 8.91. The fourth-order valence-electron chi connectivity index (χ4n) is 1.66. The number of sulfonamides is 1. The van der Waals surface area contributed by atoms with Crippen LogP contribution < -0.4 is 0 Å². The van der Waals surface area contributed by atoms with E-state index < -0.39 is 10.0 Å². The highest BCUT2D eigenvalue weighted by Crippen LogP contribution is 2.22. The molecule has 1 aromatic heterocycles. The SMILES string of the molecule is Cc1cc(S(=O)(=O)N(C)Cc2ccco2)ccc1Br. The Morgan fingerprint density at radius 2 is 2.05 bits per heavy atom. The predicted molar refractivity (Wildman–Crippen MR) is 76.2 cm³/mol. The third-order valence-corrected chi connectivity index (χ3v) is 5.49. The van der Waals surface area contributed by atoms with Crippen LogP contribution in [0.25, 0.3) is 0 Å². The Hall–Kier alpha value is -1.11. The van der Waals surface area contributed by atoms with Gasteiger partial charge in [0, 0.05) is 11.5 Å². The molecule has 0 fully saturated rings. The summed E-state index contributed by atoms with van der Waals surface area (Å²) < 4.78 is 32.1. The van der Waals surface area contributed by atoms with Crippen molar-refractivity contribution < 1.29 is 12.8 Å². The summed E-state index contributed by atoms with van der Waals surface area (Å²) in [5.41, 5.74) is 0.882. The third kappa shape index (κ3) is 3.08. The lowest BCUT2D eigenvalue weighted by Crippen LogP contribution is -2.26. The summed E-state index contributed by atoms with van der Waals surface area (Å²) in [4.78, 5) is 0.280. The lowest BCUT2D eigenvalue weighted by molar-refractivity contribution is 0.406. The van der Waals surface area contributed by atoms with E-state index in [0.717, 1.165) is 10.0 Å². The van der Waals surface area contributed by atoms with Gasteiger partial charge in [0.15, 0.2) is 0 Å². The summed E-state index contributed by atoms with van der Waals surface area (Å²) in [7, 11) is -1.96. The molecule has 102 valence electrons. The number of hydrogen-bond donors (Lipinski definition) is 0. The number of halogens is 1. The number of nitrogens with zero attached hydrogens (tertiary/aromatic N) is 1. The van der Waals surface area contributed by atoms with Gasteiger partial charge in [0.2, 0.25) is 10.0 Å². The lowest BCUT2D eigenvalue weighted by atomic mass is 10.2. The molecule has 0 unspecified atom stereocenters. The molecule has 0 aliphatic rings. The van der Waals surface area contributed by atoms with Gasteiger partial charge in [-0.15, -0.1) is 0 Å². The minimum Gasteiger partial charge on any atom is -0.468 e. The largest absolute Gasteiger partial charge is 0.468 e. The van der Waals surface area contributed by atoms with Crippen LogP contribution in [0, 0.1) is 6.92 Å². The van der Waals surface area contributed by atoms with Gasteiger partial charge in [-0.3, -0.25) is 0 Å². The Kier molecular flexibility index (Phi) is 4.13. The van der Waals surface area contributed by atoms with Crippen LogP contribution in [0.4, 0.5) is 0 Å². The summed E-state index contributed by atoms with van der Waals surface area (Å²) >= 11 is 3.36. The van der Waals surface area contributed by atoms with E-state index in [4.69, 9.17) is 4.42 Å². The van der Waals surface area contributed by atoms with E-state index in [9.17, 15) is 8.42 Å². The van der Waals surface area contributed by atoms with Crippen LogP contribution in [-0.2, 0) is 16.6 Å². The topological polar surface area (TPSA) is 50.5 Å². The van der Waals surface area contributed by atoms with Gasteiger partial charge < -0.3 is 4.42 Å². The maximum Gasteiger partial charge on any atom is 0.243 e. The van der Waals surface area contributed by atoms with Crippen LogP contribution >= 0.6 is 15.9 Å². The second-order valence-corrected chi connectivity index (χ2v) is 7.15. The molecule has 2 rings (SSSR count). The molecule has 2 aromatic rings. The van der Waals surface area contributed by atoms with Crippen molar-refractivity contribution in [2.45, 2.75) is 18.4 Å². The van der Waals surface area contributed by atoms with Crippen molar-refractivity contribution in [1.82, 2.24) is 4.31 Å². The Labute approximate surface area is 121 Å². The van der Waals surface area contributed by atoms with E-state index in [1.807, 2.05) is 6.92 Å². The van der Waals surface area contributed by atoms with E-state index in [0.29, 0.717) is 5.76 Å². The number of furan rings is 1. The molecular formula is C13H14BrNO3S. The molecule has 4 nitrogen and oxygen atoms in total. The smallest absolute Gasteiger partial charge is 0.243 e. The molecule has 1 aromatic carbocycles. The first-order valence-corrected chi connectivity index (χ1v) is 7.89. The van der Waals surface area contributed by atoms with E-state index in [-0.39, 0.29) is 11.4 Å². The maximum atomic E-state index is 12.4. The summed E-state index contributed by atoms with van der Waals surface area (Å²) in [6, 6.07) is 8.46. The van der Waals surface area contributed by atoms with Crippen LogP contribution in [-0.4, -0.2) is 19.8 Å². The first-order valence-electron chi connectivity index (χ1n) is 5.66. The first kappa shape index (κ1) is 14.3. The van der Waals surface area contributed by atoms with Crippen LogP contribution in [0.15, 0.2) is 50.4 Å². The van der Waals surface area contributed by atoms with Crippen molar-refractivity contribution in [1.29, 1.82) is 0 Å². The molecule has 0 N–H and O–H groups in total. The molecule has 0 saturated heterocycles. The molecule has 0 saturated carbocycles. The van der Waals surface area contributed by atoms with Crippen molar-refractivity contribution >= 4 is 26.0 Å². The van der Waals surface area contributed by atoms with Crippen LogP contribution in [0.2, 0.25) is 0 Å². The number of benzene rings is 1. The Morgan fingerprint density at radius 3 is 2.63 bits per heavy atom. The fourth-order valence-corrected chi connectivity index (χ4v) is 3.13. The second-order valence-electron chi connectivity index (χ2n) is 4.25. The minimum absolute atomic E-state index is 0.213. The fraction of sp³-hybridized carbons (Fsp3) is 0.231. The van der Waals surface area contributed by atoms with Gasteiger partial charge in [0.05, 0.1) is 17.7 Å². The minimum atomic E-state index is -3.50. The van der Waals surface area contributed by atoms with Crippen LogP contribution in [0.1, 0.15) is 11.3 Å². The summed E-state index contributed by atoms with van der Waals surface area (Å²) in [5.74, 6) is 0.611. The molecule has 0 amide bonds. The van der Waals surface area contributed by atoms with Crippen molar-refractivity contribution in [2.24, 2.45) is 0 Å². The molecule has 0 atom stereocenters. The van der Waals surface area contributed by atoms with Crippen LogP contribution in [0.5, 0.6) is 0 Å². The number of hydrogen-bond acceptors (Lipinski definition) is 3. The van der Waals surface area contributed by atoms with Gasteiger partial charge in [-0.25, -0.2) is 8.42 Å². The molecule has 0 spiro atoms. The standard InChI is InChI=1S/C13H14BrNO3S/c1-10-8-12(5-6-13(10)14)19(16,17)15(2)9-11-4-3-7-18-11/h3-8H,9H2,1-2H3. The predicted octanol–water partition coefficient (Wildman–Crippen LogP) is 3.17. The van der Waals surface area contributed by atoms with Gasteiger partial charge in [-0.2, -0.15) is 4.31 Å². The average molecular weight is 344 g/mol. The lowest BCUT2D eigenvalue weighted by Gasteiger charge is -2.16. The van der Waals surface area contributed by atoms with E-state index >= 15 is 0 Å². The third-order valence-electron chi connectivity index (χ3n) is 2.80. The average Bonchev–Trinajstić information content (AvgIpc) is 2.85. The molecule has 19 heavy (non-hydrogen) atoms. The quantitative estimate of drug-likeness (QED) is 0.856. The number of aryl methyl sites for hydroxylation is 1. The number of rotatable bonds is 4. The Morgan fingerprint density at radius 1 is 1.32 bits per heavy atom. The zero-order valence-corrected chi connectivity index (χ0v) is 13.0. The zero-order chi connectivity index (χ0) is 14.0. The Balaban J connectivity index is 2.28. The second kappa shape index (κ2) is 5.48. The van der Waals surface area contributed by atoms with Crippen molar-refractivity contribution in [3.05, 3.63) is 52.4 Å². The molecular weight excluding hydrogens is 330 g/mol. The highest BCUT2D eigenvalue weighted by molar-refractivity contribution is 9.10. The molecule has 0 radical (unpaired) electrons. The summed E-state index contributed by atoms with van der Waals surface area (Å²) in [6.45, 7) is 2.07. The van der Waals surface area contributed by atoms with E-state index in [1.165, 1.54) is 17.6 Å². The van der Waals surface area contributed by atoms with Crippen molar-refractivity contribution in [2.75, 3.05) is 7.05 Å². The highest BCUT2D eigenvalue weighted by atomic mass is 79.9. The molecule has 0 bridgehead atoms. The van der Waals surface area contributed by atoms with Gasteiger partial charge in [-0.05, 0) is 42.8 Å². The Bertz CT molecular complexity index is 665. The molecule has 1 heterocycles. The normalized spacial score (nSPS) is 12.0. The molecule has 0 aliphatic heterocycles. The van der Waals surface area contributed by atoms with Gasteiger partial charge in [0.1, 0.15) is 5.76 Å². The van der Waals surface area contributed by atoms with E-state index in [2.05, 4.69) is 15.9 Å². The van der Waals surface area contributed by atoms with Crippen molar-refractivity contribution in [3.63, 3.8) is 0 Å². The van der Waals surface area contributed by atoms with Crippen molar-refractivity contribution in [3.8, 4) is 0 Å².